The lowest BCUT2D eigenvalue weighted by Crippen LogP contribution is -2.08. The molecule has 0 N–H and O–H groups in total. The maximum Gasteiger partial charge on any atom is 0.338 e. The number of hydrogen-bond acceptors (Lipinski definition) is 3. The van der Waals surface area contributed by atoms with Crippen LogP contribution in [-0.2, 0) is 4.74 Å². The summed E-state index contributed by atoms with van der Waals surface area (Å²) in [7, 11) is 0. The van der Waals surface area contributed by atoms with Crippen LogP contribution in [0.1, 0.15) is 49.9 Å². The summed E-state index contributed by atoms with van der Waals surface area (Å²) in [5.41, 5.74) is 4.84. The van der Waals surface area contributed by atoms with E-state index in [9.17, 15) is 9.59 Å². The first-order valence-electron chi connectivity index (χ1n) is 7.33. The van der Waals surface area contributed by atoms with E-state index < -0.39 is 0 Å². The van der Waals surface area contributed by atoms with Gasteiger partial charge in [0.1, 0.15) is 0 Å². The second-order valence-corrected chi connectivity index (χ2v) is 5.40. The van der Waals surface area contributed by atoms with Gasteiger partial charge in [-0.15, -0.1) is 0 Å². The van der Waals surface area contributed by atoms with Crippen LogP contribution in [-0.4, -0.2) is 18.4 Å². The minimum absolute atomic E-state index is 0.0228. The molecule has 114 valence electrons. The highest BCUT2D eigenvalue weighted by Gasteiger charge is 2.15. The van der Waals surface area contributed by atoms with Crippen molar-refractivity contribution in [1.29, 1.82) is 0 Å². The summed E-state index contributed by atoms with van der Waals surface area (Å²) in [6.07, 6.45) is 0. The van der Waals surface area contributed by atoms with Crippen LogP contribution in [0.15, 0.2) is 36.4 Å². The molecule has 0 bridgehead atoms. The molecule has 3 nitrogen and oxygen atoms in total. The van der Waals surface area contributed by atoms with E-state index in [4.69, 9.17) is 4.74 Å². The number of carbonyl (C=O) groups is 2. The van der Waals surface area contributed by atoms with E-state index in [1.165, 1.54) is 0 Å². The van der Waals surface area contributed by atoms with E-state index >= 15 is 0 Å². The van der Waals surface area contributed by atoms with Crippen molar-refractivity contribution in [2.45, 2.75) is 27.7 Å². The van der Waals surface area contributed by atoms with Crippen molar-refractivity contribution < 1.29 is 14.3 Å². The Labute approximate surface area is 130 Å². The molecule has 0 spiro atoms. The van der Waals surface area contributed by atoms with E-state index in [1.807, 2.05) is 32.9 Å². The molecular weight excluding hydrogens is 276 g/mol. The average Bonchev–Trinajstić information content (AvgIpc) is 2.46. The van der Waals surface area contributed by atoms with Crippen LogP contribution < -0.4 is 0 Å². The quantitative estimate of drug-likeness (QED) is 0.632. The molecule has 22 heavy (non-hydrogen) atoms. The Bertz CT molecular complexity index is 689. The molecule has 2 aromatic carbocycles. The Morgan fingerprint density at radius 2 is 1.41 bits per heavy atom. The van der Waals surface area contributed by atoms with Gasteiger partial charge in [0.2, 0.25) is 0 Å². The predicted octanol–water partition coefficient (Wildman–Crippen LogP) is 4.02. The number of hydrogen-bond donors (Lipinski definition) is 0. The number of ether oxygens (including phenoxy) is 1. The van der Waals surface area contributed by atoms with Crippen molar-refractivity contribution in [3.8, 4) is 0 Å². The molecule has 0 saturated carbocycles. The van der Waals surface area contributed by atoms with Crippen LogP contribution in [0.4, 0.5) is 0 Å². The van der Waals surface area contributed by atoms with Crippen LogP contribution in [0.3, 0.4) is 0 Å². The van der Waals surface area contributed by atoms with E-state index in [2.05, 4.69) is 0 Å². The molecule has 0 atom stereocenters. The number of carbonyl (C=O) groups excluding carboxylic acids is 2. The number of esters is 1. The SMILES string of the molecule is CCOC(=O)c1ccc(C(=O)c2c(C)cc(C)cc2C)cc1. The van der Waals surface area contributed by atoms with Gasteiger partial charge < -0.3 is 4.74 Å². The van der Waals surface area contributed by atoms with Gasteiger partial charge in [-0.2, -0.15) is 0 Å². The van der Waals surface area contributed by atoms with Crippen molar-refractivity contribution in [3.63, 3.8) is 0 Å². The van der Waals surface area contributed by atoms with Crippen molar-refractivity contribution in [2.24, 2.45) is 0 Å². The van der Waals surface area contributed by atoms with Gasteiger partial charge in [0.25, 0.3) is 0 Å². The van der Waals surface area contributed by atoms with Gasteiger partial charge in [0, 0.05) is 11.1 Å². The summed E-state index contributed by atoms with van der Waals surface area (Å²) < 4.78 is 4.94. The van der Waals surface area contributed by atoms with Gasteiger partial charge in [-0.1, -0.05) is 29.8 Å². The second kappa shape index (κ2) is 6.56. The van der Waals surface area contributed by atoms with Gasteiger partial charge in [0.15, 0.2) is 5.78 Å². The number of benzene rings is 2. The molecule has 0 amide bonds. The lowest BCUT2D eigenvalue weighted by atomic mass is 9.93. The smallest absolute Gasteiger partial charge is 0.338 e. The van der Waals surface area contributed by atoms with Crippen molar-refractivity contribution in [3.05, 3.63) is 69.8 Å². The van der Waals surface area contributed by atoms with Crippen molar-refractivity contribution in [1.82, 2.24) is 0 Å². The summed E-state index contributed by atoms with van der Waals surface area (Å²) in [6, 6.07) is 10.6. The van der Waals surface area contributed by atoms with Gasteiger partial charge in [-0.25, -0.2) is 4.79 Å². The van der Waals surface area contributed by atoms with Crippen molar-refractivity contribution in [2.75, 3.05) is 6.61 Å². The van der Waals surface area contributed by atoms with Crippen LogP contribution in [0.25, 0.3) is 0 Å². The highest BCUT2D eigenvalue weighted by atomic mass is 16.5. The minimum atomic E-state index is -0.371. The summed E-state index contributed by atoms with van der Waals surface area (Å²) in [6.45, 7) is 8.00. The van der Waals surface area contributed by atoms with Crippen LogP contribution >= 0.6 is 0 Å². The Balaban J connectivity index is 2.33. The summed E-state index contributed by atoms with van der Waals surface area (Å²) >= 11 is 0. The highest BCUT2D eigenvalue weighted by molar-refractivity contribution is 6.11. The topological polar surface area (TPSA) is 43.4 Å². The van der Waals surface area contributed by atoms with Crippen LogP contribution in [0, 0.1) is 20.8 Å². The van der Waals surface area contributed by atoms with Crippen molar-refractivity contribution >= 4 is 11.8 Å². The largest absolute Gasteiger partial charge is 0.462 e. The number of aryl methyl sites for hydroxylation is 3. The zero-order valence-corrected chi connectivity index (χ0v) is 13.4. The molecule has 0 unspecified atom stereocenters. The summed E-state index contributed by atoms with van der Waals surface area (Å²) in [4.78, 5) is 24.3. The lowest BCUT2D eigenvalue weighted by Gasteiger charge is -2.11. The zero-order chi connectivity index (χ0) is 16.3. The maximum absolute atomic E-state index is 12.7. The Hall–Kier alpha value is -2.42. The molecule has 2 rings (SSSR count). The molecule has 0 aromatic heterocycles. The normalized spacial score (nSPS) is 10.4. The fourth-order valence-electron chi connectivity index (χ4n) is 2.65. The fourth-order valence-corrected chi connectivity index (χ4v) is 2.65. The third-order valence-corrected chi connectivity index (χ3v) is 3.56. The van der Waals surface area contributed by atoms with Crippen LogP contribution in [0.5, 0.6) is 0 Å². The summed E-state index contributed by atoms with van der Waals surface area (Å²) in [5.74, 6) is -0.394. The monoisotopic (exact) mass is 296 g/mol. The Kier molecular flexibility index (Phi) is 4.76. The standard InChI is InChI=1S/C19H20O3/c1-5-22-19(21)16-8-6-15(7-9-16)18(20)17-13(3)10-12(2)11-14(17)4/h6-11H,5H2,1-4H3. The Morgan fingerprint density at radius 1 is 0.909 bits per heavy atom. The molecule has 0 saturated heterocycles. The van der Waals surface area contributed by atoms with E-state index in [-0.39, 0.29) is 11.8 Å². The fraction of sp³-hybridized carbons (Fsp3) is 0.263. The first kappa shape index (κ1) is 16.0. The Morgan fingerprint density at radius 3 is 1.91 bits per heavy atom. The summed E-state index contributed by atoms with van der Waals surface area (Å²) in [5, 5.41) is 0. The number of rotatable bonds is 4. The van der Waals surface area contributed by atoms with Crippen LogP contribution in [0.2, 0.25) is 0 Å². The maximum atomic E-state index is 12.7. The highest BCUT2D eigenvalue weighted by Crippen LogP contribution is 2.20. The van der Waals surface area contributed by atoms with Gasteiger partial charge >= 0.3 is 5.97 Å². The van der Waals surface area contributed by atoms with E-state index in [0.717, 1.165) is 22.3 Å². The number of ketones is 1. The average molecular weight is 296 g/mol. The van der Waals surface area contributed by atoms with E-state index in [1.54, 1.807) is 31.2 Å². The molecule has 0 aliphatic heterocycles. The van der Waals surface area contributed by atoms with Gasteiger partial charge in [-0.05, 0) is 51.0 Å². The zero-order valence-electron chi connectivity index (χ0n) is 13.4. The molecule has 2 aromatic rings. The van der Waals surface area contributed by atoms with Gasteiger partial charge in [-0.3, -0.25) is 4.79 Å². The minimum Gasteiger partial charge on any atom is -0.462 e. The predicted molar refractivity (Wildman–Crippen MR) is 86.5 cm³/mol. The third kappa shape index (κ3) is 3.25. The molecule has 0 radical (unpaired) electrons. The lowest BCUT2D eigenvalue weighted by molar-refractivity contribution is 0.0526. The molecule has 0 fully saturated rings. The first-order chi connectivity index (χ1) is 10.4. The second-order valence-electron chi connectivity index (χ2n) is 5.40. The molecule has 0 aliphatic carbocycles. The first-order valence-corrected chi connectivity index (χ1v) is 7.33. The molecule has 3 heteroatoms. The molecule has 0 heterocycles. The molecular formula is C19H20O3. The third-order valence-electron chi connectivity index (χ3n) is 3.56. The van der Waals surface area contributed by atoms with Gasteiger partial charge in [0.05, 0.1) is 12.2 Å². The molecule has 0 aliphatic rings. The van der Waals surface area contributed by atoms with E-state index in [0.29, 0.717) is 17.7 Å².